The van der Waals surface area contributed by atoms with E-state index in [2.05, 4.69) is 10.6 Å². The molecule has 1 aromatic carbocycles. The van der Waals surface area contributed by atoms with Crippen LogP contribution in [-0.4, -0.2) is 24.2 Å². The summed E-state index contributed by atoms with van der Waals surface area (Å²) in [5.74, 6) is -1.01. The maximum absolute atomic E-state index is 11.1. The fraction of sp³-hybridized carbons (Fsp3) is 0.167. The number of carboxylic acid groups (broad SMARTS) is 1. The Morgan fingerprint density at radius 1 is 1.35 bits per heavy atom. The van der Waals surface area contributed by atoms with Crippen LogP contribution < -0.4 is 10.6 Å². The Morgan fingerprint density at radius 3 is 2.65 bits per heavy atom. The van der Waals surface area contributed by atoms with Gasteiger partial charge in [-0.2, -0.15) is 0 Å². The van der Waals surface area contributed by atoms with E-state index in [-0.39, 0.29) is 6.03 Å². The number of anilines is 1. The van der Waals surface area contributed by atoms with E-state index in [0.717, 1.165) is 17.2 Å². The molecule has 0 saturated carbocycles. The molecule has 0 unspecified atom stereocenters. The van der Waals surface area contributed by atoms with Crippen LogP contribution in [0.25, 0.3) is 6.08 Å². The number of aryl methyl sites for hydroxylation is 1. The molecule has 0 fully saturated rings. The predicted octanol–water partition coefficient (Wildman–Crippen LogP) is 1.84. The molecule has 90 valence electrons. The number of hydrogen-bond donors (Lipinski definition) is 3. The second kappa shape index (κ2) is 5.69. The third-order valence-corrected chi connectivity index (χ3v) is 2.17. The quantitative estimate of drug-likeness (QED) is 0.698. The molecule has 0 bridgehead atoms. The van der Waals surface area contributed by atoms with Crippen molar-refractivity contribution < 1.29 is 14.7 Å². The fourth-order valence-electron chi connectivity index (χ4n) is 1.25. The second-order valence-corrected chi connectivity index (χ2v) is 3.45. The summed E-state index contributed by atoms with van der Waals surface area (Å²) in [7, 11) is 1.52. The van der Waals surface area contributed by atoms with Gasteiger partial charge < -0.3 is 15.7 Å². The van der Waals surface area contributed by atoms with Crippen molar-refractivity contribution in [3.8, 4) is 0 Å². The maximum Gasteiger partial charge on any atom is 0.328 e. The van der Waals surface area contributed by atoms with Gasteiger partial charge >= 0.3 is 12.0 Å². The minimum Gasteiger partial charge on any atom is -0.478 e. The molecule has 1 rings (SSSR count). The number of urea groups is 1. The highest BCUT2D eigenvalue weighted by molar-refractivity contribution is 5.90. The zero-order chi connectivity index (χ0) is 12.8. The number of hydrogen-bond acceptors (Lipinski definition) is 2. The minimum absolute atomic E-state index is 0.318. The summed E-state index contributed by atoms with van der Waals surface area (Å²) < 4.78 is 0. The average Bonchev–Trinajstić information content (AvgIpc) is 2.29. The molecule has 17 heavy (non-hydrogen) atoms. The number of aliphatic carboxylic acids is 1. The van der Waals surface area contributed by atoms with Crippen molar-refractivity contribution >= 4 is 23.8 Å². The Morgan fingerprint density at radius 2 is 2.06 bits per heavy atom. The first-order valence-electron chi connectivity index (χ1n) is 5.03. The van der Waals surface area contributed by atoms with Crippen LogP contribution >= 0.6 is 0 Å². The average molecular weight is 234 g/mol. The van der Waals surface area contributed by atoms with E-state index in [4.69, 9.17) is 5.11 Å². The summed E-state index contributed by atoms with van der Waals surface area (Å²) in [6, 6.07) is 4.96. The van der Waals surface area contributed by atoms with Gasteiger partial charge in [0, 0.05) is 18.8 Å². The summed E-state index contributed by atoms with van der Waals surface area (Å²) in [6.07, 6.45) is 2.55. The lowest BCUT2D eigenvalue weighted by Crippen LogP contribution is -2.24. The number of carbonyl (C=O) groups excluding carboxylic acids is 1. The number of carbonyl (C=O) groups is 2. The molecule has 0 aromatic heterocycles. The van der Waals surface area contributed by atoms with Crippen LogP contribution in [0.1, 0.15) is 11.1 Å². The van der Waals surface area contributed by atoms with E-state index in [1.165, 1.54) is 13.1 Å². The molecule has 0 aliphatic heterocycles. The molecule has 0 aliphatic carbocycles. The zero-order valence-corrected chi connectivity index (χ0v) is 9.65. The molecule has 2 amide bonds. The van der Waals surface area contributed by atoms with E-state index in [9.17, 15) is 9.59 Å². The van der Waals surface area contributed by atoms with Crippen LogP contribution in [0.4, 0.5) is 10.5 Å². The van der Waals surface area contributed by atoms with Gasteiger partial charge in [0.25, 0.3) is 0 Å². The van der Waals surface area contributed by atoms with E-state index >= 15 is 0 Å². The third kappa shape index (κ3) is 3.98. The van der Waals surface area contributed by atoms with E-state index in [0.29, 0.717) is 5.69 Å². The zero-order valence-electron chi connectivity index (χ0n) is 9.65. The van der Waals surface area contributed by atoms with E-state index < -0.39 is 5.97 Å². The first kappa shape index (κ1) is 12.8. The Balaban J connectivity index is 2.94. The molecule has 3 N–H and O–H groups in total. The van der Waals surface area contributed by atoms with E-state index in [1.807, 2.05) is 13.0 Å². The third-order valence-electron chi connectivity index (χ3n) is 2.17. The van der Waals surface area contributed by atoms with Gasteiger partial charge in [-0.05, 0) is 36.3 Å². The van der Waals surface area contributed by atoms with Crippen molar-refractivity contribution in [2.24, 2.45) is 0 Å². The second-order valence-electron chi connectivity index (χ2n) is 3.45. The molecule has 5 heteroatoms. The smallest absolute Gasteiger partial charge is 0.328 e. The van der Waals surface area contributed by atoms with Crippen molar-refractivity contribution in [2.45, 2.75) is 6.92 Å². The normalized spacial score (nSPS) is 10.2. The van der Waals surface area contributed by atoms with Crippen LogP contribution in [0.3, 0.4) is 0 Å². The number of rotatable bonds is 3. The molecule has 0 saturated heterocycles. The lowest BCUT2D eigenvalue weighted by molar-refractivity contribution is -0.131. The first-order valence-corrected chi connectivity index (χ1v) is 5.03. The summed E-state index contributed by atoms with van der Waals surface area (Å²) >= 11 is 0. The van der Waals surface area contributed by atoms with Crippen LogP contribution in [0, 0.1) is 6.92 Å². The Kier molecular flexibility index (Phi) is 4.28. The molecule has 0 spiro atoms. The van der Waals surface area contributed by atoms with Crippen LogP contribution in [0.5, 0.6) is 0 Å². The van der Waals surface area contributed by atoms with Gasteiger partial charge in [0.05, 0.1) is 0 Å². The number of benzene rings is 1. The molecule has 0 heterocycles. The topological polar surface area (TPSA) is 78.4 Å². The van der Waals surface area contributed by atoms with Gasteiger partial charge in [-0.1, -0.05) is 6.07 Å². The molecule has 0 atom stereocenters. The predicted molar refractivity (Wildman–Crippen MR) is 65.9 cm³/mol. The Labute approximate surface area is 99.1 Å². The molecular weight excluding hydrogens is 220 g/mol. The molecule has 0 aliphatic rings. The SMILES string of the molecule is CNC(=O)Nc1ccc(C)c(/C=C/C(=O)O)c1. The highest BCUT2D eigenvalue weighted by Crippen LogP contribution is 2.16. The van der Waals surface area contributed by atoms with Crippen LogP contribution in [-0.2, 0) is 4.79 Å². The fourth-order valence-corrected chi connectivity index (χ4v) is 1.25. The van der Waals surface area contributed by atoms with Crippen LogP contribution in [0.2, 0.25) is 0 Å². The molecule has 5 nitrogen and oxygen atoms in total. The summed E-state index contributed by atoms with van der Waals surface area (Å²) in [5, 5.41) is 13.6. The van der Waals surface area contributed by atoms with Gasteiger partial charge in [-0.25, -0.2) is 9.59 Å². The Bertz CT molecular complexity index is 467. The number of nitrogens with one attached hydrogen (secondary N) is 2. The maximum atomic E-state index is 11.1. The van der Waals surface area contributed by atoms with Gasteiger partial charge in [0.1, 0.15) is 0 Å². The largest absolute Gasteiger partial charge is 0.478 e. The van der Waals surface area contributed by atoms with Crippen molar-refractivity contribution in [2.75, 3.05) is 12.4 Å². The molecule has 1 aromatic rings. The standard InChI is InChI=1S/C12H14N2O3/c1-8-3-5-10(14-12(17)13-2)7-9(8)4-6-11(15)16/h3-7H,1-2H3,(H,15,16)(H2,13,14,17)/b6-4+. The minimum atomic E-state index is -1.01. The number of amides is 2. The highest BCUT2D eigenvalue weighted by atomic mass is 16.4. The monoisotopic (exact) mass is 234 g/mol. The summed E-state index contributed by atoms with van der Waals surface area (Å²) in [4.78, 5) is 21.5. The lowest BCUT2D eigenvalue weighted by atomic mass is 10.1. The highest BCUT2D eigenvalue weighted by Gasteiger charge is 2.01. The Hall–Kier alpha value is -2.30. The van der Waals surface area contributed by atoms with Crippen molar-refractivity contribution in [3.63, 3.8) is 0 Å². The van der Waals surface area contributed by atoms with E-state index in [1.54, 1.807) is 12.1 Å². The van der Waals surface area contributed by atoms with Crippen LogP contribution in [0.15, 0.2) is 24.3 Å². The van der Waals surface area contributed by atoms with Gasteiger partial charge in [0.2, 0.25) is 0 Å². The van der Waals surface area contributed by atoms with Gasteiger partial charge in [0.15, 0.2) is 0 Å². The summed E-state index contributed by atoms with van der Waals surface area (Å²) in [6.45, 7) is 1.87. The van der Waals surface area contributed by atoms with Crippen molar-refractivity contribution in [1.29, 1.82) is 0 Å². The van der Waals surface area contributed by atoms with Gasteiger partial charge in [-0.15, -0.1) is 0 Å². The van der Waals surface area contributed by atoms with Crippen molar-refractivity contribution in [1.82, 2.24) is 5.32 Å². The molecule has 0 radical (unpaired) electrons. The first-order chi connectivity index (χ1) is 8.02. The number of carboxylic acids is 1. The molecular formula is C12H14N2O3. The summed E-state index contributed by atoms with van der Waals surface area (Å²) in [5.41, 5.74) is 2.30. The van der Waals surface area contributed by atoms with Gasteiger partial charge in [-0.3, -0.25) is 0 Å². The van der Waals surface area contributed by atoms with Crippen molar-refractivity contribution in [3.05, 3.63) is 35.4 Å². The lowest BCUT2D eigenvalue weighted by Gasteiger charge is -2.07.